The first-order valence-corrected chi connectivity index (χ1v) is 16.0. The van der Waals surface area contributed by atoms with Crippen LogP contribution in [0.4, 0.5) is 5.69 Å². The molecule has 0 radical (unpaired) electrons. The highest BCUT2D eigenvalue weighted by Crippen LogP contribution is 2.40. The normalized spacial score (nSPS) is 11.2. The third-order valence-corrected chi connectivity index (χ3v) is 7.83. The van der Waals surface area contributed by atoms with Gasteiger partial charge < -0.3 is 20.2 Å². The molecule has 1 aliphatic carbocycles. The van der Waals surface area contributed by atoms with Crippen LogP contribution in [0.5, 0.6) is 5.75 Å². The van der Waals surface area contributed by atoms with Crippen molar-refractivity contribution in [2.45, 2.75) is 65.2 Å². The van der Waals surface area contributed by atoms with E-state index in [2.05, 4.69) is 60.1 Å². The zero-order valence-corrected chi connectivity index (χ0v) is 25.8. The Kier molecular flexibility index (Phi) is 12.1. The number of carbonyl (C=O) groups is 1. The van der Waals surface area contributed by atoms with Gasteiger partial charge in [0.15, 0.2) is 0 Å². The molecule has 42 heavy (non-hydrogen) atoms. The molecule has 2 aliphatic rings. The Morgan fingerprint density at radius 2 is 1.64 bits per heavy atom. The molecule has 0 bridgehead atoms. The summed E-state index contributed by atoms with van der Waals surface area (Å²) in [6, 6.07) is 20.9. The topological polar surface area (TPSA) is 80.5 Å². The van der Waals surface area contributed by atoms with Gasteiger partial charge in [0.2, 0.25) is 11.3 Å². The standard InChI is InChI=1S/C35H44ClN3O3/c1-3-5-20-39(21-6-4-2)28-14-18-31-33(24-28)42-32-23-27(37)13-17-30(32)35(31)26-11-15-29(16-12-26)41-22-10-8-7-9-19-38-34(40)25-36/h11-18,23-24,37H,3-10,19-22,25H2,1-2H3,(H,38,40)/p+1. The van der Waals surface area contributed by atoms with Crippen LogP contribution in [0, 0.1) is 0 Å². The second-order valence-electron chi connectivity index (χ2n) is 10.9. The highest BCUT2D eigenvalue weighted by atomic mass is 35.5. The maximum atomic E-state index is 11.2. The minimum atomic E-state index is -0.111. The number of hydrogen-bond acceptors (Lipinski definition) is 4. The van der Waals surface area contributed by atoms with E-state index in [-0.39, 0.29) is 11.8 Å². The number of unbranched alkanes of at least 4 members (excludes halogenated alkanes) is 5. The van der Waals surface area contributed by atoms with E-state index in [9.17, 15) is 4.79 Å². The van der Waals surface area contributed by atoms with Gasteiger partial charge in [-0.25, -0.2) is 4.58 Å². The Morgan fingerprint density at radius 3 is 2.36 bits per heavy atom. The highest BCUT2D eigenvalue weighted by Gasteiger charge is 2.19. The van der Waals surface area contributed by atoms with E-state index in [0.717, 1.165) is 77.9 Å². The molecule has 2 aromatic rings. The first-order chi connectivity index (χ1) is 20.5. The van der Waals surface area contributed by atoms with Crippen LogP contribution in [0.3, 0.4) is 0 Å². The number of nitrogen functional groups attached to an aromatic ring is 1. The lowest BCUT2D eigenvalue weighted by Crippen LogP contribution is -2.31. The Morgan fingerprint density at radius 1 is 0.905 bits per heavy atom. The number of anilines is 1. The molecule has 0 spiro atoms. The summed E-state index contributed by atoms with van der Waals surface area (Å²) in [5.74, 6) is 1.63. The smallest absolute Gasteiger partial charge is 0.234 e. The minimum Gasteiger partial charge on any atom is -0.494 e. The summed E-state index contributed by atoms with van der Waals surface area (Å²) in [5.41, 5.74) is 11.0. The molecule has 2 aromatic carbocycles. The van der Waals surface area contributed by atoms with Crippen molar-refractivity contribution < 1.29 is 13.9 Å². The number of hydrogen-bond donors (Lipinski definition) is 2. The summed E-state index contributed by atoms with van der Waals surface area (Å²) in [7, 11) is 0. The number of rotatable bonds is 16. The monoisotopic (exact) mass is 590 g/mol. The number of carbonyl (C=O) groups excluding carboxylic acids is 1. The SMILES string of the molecule is CCCC[N+](CCCC)=c1ccc2c(-c3ccc(OCCCCCCNC(=O)CCl)cc3)c3ccc(N)cc3oc-2c1. The largest absolute Gasteiger partial charge is 0.494 e. The first-order valence-electron chi connectivity index (χ1n) is 15.4. The van der Waals surface area contributed by atoms with E-state index in [0.29, 0.717) is 18.8 Å². The second kappa shape index (κ2) is 16.2. The molecule has 0 unspecified atom stereocenters. The fourth-order valence-corrected chi connectivity index (χ4v) is 5.33. The predicted octanol–water partition coefficient (Wildman–Crippen LogP) is 7.45. The number of halogens is 1. The molecule has 0 fully saturated rings. The van der Waals surface area contributed by atoms with Gasteiger partial charge in [-0.3, -0.25) is 4.79 Å². The molecule has 0 saturated carbocycles. The first kappa shape index (κ1) is 31.4. The maximum Gasteiger partial charge on any atom is 0.234 e. The molecule has 224 valence electrons. The quantitative estimate of drug-likeness (QED) is 0.0467. The molecule has 1 amide bonds. The average molecular weight is 591 g/mol. The van der Waals surface area contributed by atoms with Crippen LogP contribution in [0.15, 0.2) is 65.1 Å². The van der Waals surface area contributed by atoms with E-state index in [1.807, 2.05) is 24.3 Å². The Labute approximate surface area is 254 Å². The predicted molar refractivity (Wildman–Crippen MR) is 175 cm³/mol. The van der Waals surface area contributed by atoms with Gasteiger partial charge in [-0.1, -0.05) is 51.7 Å². The third kappa shape index (κ3) is 8.51. The summed E-state index contributed by atoms with van der Waals surface area (Å²) >= 11 is 5.50. The van der Waals surface area contributed by atoms with E-state index in [1.165, 1.54) is 31.0 Å². The maximum absolute atomic E-state index is 11.2. The molecule has 1 heterocycles. The van der Waals surface area contributed by atoms with Gasteiger partial charge in [-0.15, -0.1) is 11.6 Å². The van der Waals surface area contributed by atoms with Crippen molar-refractivity contribution in [1.82, 2.24) is 9.89 Å². The zero-order valence-electron chi connectivity index (χ0n) is 25.1. The average Bonchev–Trinajstić information content (AvgIpc) is 3.01. The van der Waals surface area contributed by atoms with Crippen LogP contribution in [0.2, 0.25) is 0 Å². The molecular formula is C35H45ClN3O3+. The summed E-state index contributed by atoms with van der Waals surface area (Å²) in [4.78, 5) is 11.2. The lowest BCUT2D eigenvalue weighted by atomic mass is 9.93. The molecule has 0 atom stereocenters. The van der Waals surface area contributed by atoms with Crippen LogP contribution in [-0.2, 0) is 4.79 Å². The molecule has 0 aromatic heterocycles. The molecule has 1 aliphatic heterocycles. The van der Waals surface area contributed by atoms with Crippen LogP contribution < -0.4 is 25.7 Å². The molecule has 3 N–H and O–H groups in total. The Hall–Kier alpha value is -3.51. The van der Waals surface area contributed by atoms with Gasteiger partial charge in [0.25, 0.3) is 0 Å². The van der Waals surface area contributed by atoms with Gasteiger partial charge in [0.05, 0.1) is 12.7 Å². The van der Waals surface area contributed by atoms with Crippen molar-refractivity contribution in [3.63, 3.8) is 0 Å². The summed E-state index contributed by atoms with van der Waals surface area (Å²) < 4.78 is 15.0. The van der Waals surface area contributed by atoms with Crippen molar-refractivity contribution in [1.29, 1.82) is 0 Å². The lowest BCUT2D eigenvalue weighted by Gasteiger charge is -2.16. The Bertz CT molecular complexity index is 1470. The van der Waals surface area contributed by atoms with Crippen molar-refractivity contribution >= 4 is 34.2 Å². The fraction of sp³-hybridized carbons (Fsp3) is 0.429. The van der Waals surface area contributed by atoms with E-state index < -0.39 is 0 Å². The summed E-state index contributed by atoms with van der Waals surface area (Å²) in [6.45, 7) is 7.91. The van der Waals surface area contributed by atoms with Gasteiger partial charge in [0, 0.05) is 53.7 Å². The second-order valence-corrected chi connectivity index (χ2v) is 11.1. The molecular weight excluding hydrogens is 546 g/mol. The molecule has 4 rings (SSSR count). The van der Waals surface area contributed by atoms with Gasteiger partial charge >= 0.3 is 0 Å². The van der Waals surface area contributed by atoms with Gasteiger partial charge in [-0.05, 0) is 48.7 Å². The Balaban J connectivity index is 1.54. The third-order valence-electron chi connectivity index (χ3n) is 7.58. The van der Waals surface area contributed by atoms with Crippen LogP contribution in [0.1, 0.15) is 65.2 Å². The number of nitrogens with two attached hydrogens (primary N) is 1. The van der Waals surface area contributed by atoms with Gasteiger partial charge in [0.1, 0.15) is 36.1 Å². The van der Waals surface area contributed by atoms with Crippen molar-refractivity contribution in [3.8, 4) is 28.2 Å². The summed E-state index contributed by atoms with van der Waals surface area (Å²) in [5, 5.41) is 5.03. The van der Waals surface area contributed by atoms with Crippen molar-refractivity contribution in [2.75, 3.05) is 37.9 Å². The number of nitrogens with one attached hydrogen (secondary N) is 1. The molecule has 7 heteroatoms. The number of fused-ring (bicyclic) bond motifs is 2. The number of amides is 1. The van der Waals surface area contributed by atoms with E-state index in [4.69, 9.17) is 26.5 Å². The van der Waals surface area contributed by atoms with Crippen molar-refractivity contribution in [3.05, 3.63) is 66.0 Å². The van der Waals surface area contributed by atoms with Crippen LogP contribution >= 0.6 is 11.6 Å². The number of ether oxygens (including phenoxy) is 1. The van der Waals surface area contributed by atoms with Crippen molar-refractivity contribution in [2.24, 2.45) is 0 Å². The lowest BCUT2D eigenvalue weighted by molar-refractivity contribution is -0.118. The number of nitrogens with zero attached hydrogens (tertiary/aromatic N) is 1. The van der Waals surface area contributed by atoms with E-state index >= 15 is 0 Å². The minimum absolute atomic E-state index is 0.0191. The van der Waals surface area contributed by atoms with Crippen LogP contribution in [0.25, 0.3) is 33.4 Å². The highest BCUT2D eigenvalue weighted by molar-refractivity contribution is 6.27. The molecule has 6 nitrogen and oxygen atoms in total. The fourth-order valence-electron chi connectivity index (χ4n) is 5.23. The number of benzene rings is 3. The van der Waals surface area contributed by atoms with E-state index in [1.54, 1.807) is 0 Å². The number of alkyl halides is 1. The zero-order chi connectivity index (χ0) is 29.7. The van der Waals surface area contributed by atoms with Crippen LogP contribution in [-0.4, -0.2) is 38.0 Å². The molecule has 0 saturated heterocycles. The van der Waals surface area contributed by atoms with Gasteiger partial charge in [-0.2, -0.15) is 0 Å². The summed E-state index contributed by atoms with van der Waals surface area (Å²) in [6.07, 6.45) is 8.70.